The molecule has 0 aliphatic heterocycles. The predicted molar refractivity (Wildman–Crippen MR) is 114 cm³/mol. The van der Waals surface area contributed by atoms with Gasteiger partial charge in [0.25, 0.3) is 0 Å². The molecular weight excluding hydrogens is 350 g/mol. The van der Waals surface area contributed by atoms with Gasteiger partial charge >= 0.3 is 0 Å². The van der Waals surface area contributed by atoms with Crippen LogP contribution in [0.3, 0.4) is 0 Å². The first-order valence-electron chi connectivity index (χ1n) is 8.77. The average Bonchev–Trinajstić information content (AvgIpc) is 3.19. The molecule has 0 saturated heterocycles. The number of aromatic nitrogens is 1. The molecule has 4 rings (SSSR count). The van der Waals surface area contributed by atoms with Gasteiger partial charge in [-0.25, -0.2) is 4.98 Å². The Morgan fingerprint density at radius 1 is 0.815 bits per heavy atom. The number of nitrogens with one attached hydrogen (secondary N) is 1. The standard InChI is InChI=1S/C23H19N3S/c1-17-12-14-18(15-13-17)21-16-27-23(24-21)26-25-22(19-8-4-2-5-9-19)20-10-6-3-7-11-20/h2-16H,1H3,(H,24,26). The Hall–Kier alpha value is -3.24. The van der Waals surface area contributed by atoms with Gasteiger partial charge in [0.05, 0.1) is 11.4 Å². The molecule has 3 aromatic carbocycles. The number of hydrogen-bond acceptors (Lipinski definition) is 4. The number of thiazole rings is 1. The lowest BCUT2D eigenvalue weighted by Crippen LogP contribution is -2.06. The van der Waals surface area contributed by atoms with Crippen molar-refractivity contribution in [1.82, 2.24) is 4.98 Å². The van der Waals surface area contributed by atoms with E-state index in [9.17, 15) is 0 Å². The van der Waals surface area contributed by atoms with E-state index in [4.69, 9.17) is 0 Å². The Bertz CT molecular complexity index is 994. The van der Waals surface area contributed by atoms with Crippen molar-refractivity contribution in [2.45, 2.75) is 6.92 Å². The van der Waals surface area contributed by atoms with Crippen LogP contribution in [-0.2, 0) is 0 Å². The molecule has 1 aromatic heterocycles. The molecule has 0 radical (unpaired) electrons. The van der Waals surface area contributed by atoms with Crippen molar-refractivity contribution in [3.63, 3.8) is 0 Å². The second-order valence-electron chi connectivity index (χ2n) is 6.21. The van der Waals surface area contributed by atoms with Gasteiger partial charge in [0.2, 0.25) is 5.13 Å². The summed E-state index contributed by atoms with van der Waals surface area (Å²) in [5.74, 6) is 0. The third-order valence-electron chi connectivity index (χ3n) is 4.21. The zero-order chi connectivity index (χ0) is 18.5. The first-order valence-corrected chi connectivity index (χ1v) is 9.65. The molecule has 1 heterocycles. The van der Waals surface area contributed by atoms with E-state index in [1.165, 1.54) is 5.56 Å². The summed E-state index contributed by atoms with van der Waals surface area (Å²) in [7, 11) is 0. The summed E-state index contributed by atoms with van der Waals surface area (Å²) in [4.78, 5) is 4.67. The van der Waals surface area contributed by atoms with Crippen molar-refractivity contribution in [2.24, 2.45) is 5.10 Å². The Morgan fingerprint density at radius 3 is 2.00 bits per heavy atom. The van der Waals surface area contributed by atoms with E-state index in [1.807, 2.05) is 41.8 Å². The minimum Gasteiger partial charge on any atom is -0.252 e. The predicted octanol–water partition coefficient (Wildman–Crippen LogP) is 5.98. The average molecular weight is 369 g/mol. The maximum absolute atomic E-state index is 4.67. The summed E-state index contributed by atoms with van der Waals surface area (Å²) in [6.07, 6.45) is 0. The van der Waals surface area contributed by atoms with Crippen LogP contribution in [0.4, 0.5) is 5.13 Å². The molecule has 27 heavy (non-hydrogen) atoms. The van der Waals surface area contributed by atoms with Crippen LogP contribution in [0, 0.1) is 6.92 Å². The lowest BCUT2D eigenvalue weighted by atomic mass is 10.0. The fourth-order valence-electron chi connectivity index (χ4n) is 2.77. The lowest BCUT2D eigenvalue weighted by Gasteiger charge is -2.07. The lowest BCUT2D eigenvalue weighted by molar-refractivity contribution is 1.27. The van der Waals surface area contributed by atoms with E-state index >= 15 is 0 Å². The Morgan fingerprint density at radius 2 is 1.41 bits per heavy atom. The molecule has 132 valence electrons. The number of hydrazone groups is 1. The van der Waals surface area contributed by atoms with Gasteiger partial charge in [-0.3, -0.25) is 5.43 Å². The fraction of sp³-hybridized carbons (Fsp3) is 0.0435. The monoisotopic (exact) mass is 369 g/mol. The normalized spacial score (nSPS) is 10.4. The van der Waals surface area contributed by atoms with Crippen LogP contribution in [0.25, 0.3) is 11.3 Å². The third-order valence-corrected chi connectivity index (χ3v) is 4.96. The third kappa shape index (κ3) is 4.13. The molecule has 0 aliphatic rings. The highest BCUT2D eigenvalue weighted by atomic mass is 32.1. The summed E-state index contributed by atoms with van der Waals surface area (Å²) >= 11 is 1.55. The largest absolute Gasteiger partial charge is 0.252 e. The van der Waals surface area contributed by atoms with Gasteiger partial charge in [-0.15, -0.1) is 11.3 Å². The van der Waals surface area contributed by atoms with Crippen molar-refractivity contribution >= 4 is 22.2 Å². The first kappa shape index (κ1) is 17.2. The number of rotatable bonds is 5. The van der Waals surface area contributed by atoms with E-state index < -0.39 is 0 Å². The van der Waals surface area contributed by atoms with Crippen molar-refractivity contribution in [3.8, 4) is 11.3 Å². The molecule has 4 heteroatoms. The molecule has 1 N–H and O–H groups in total. The highest BCUT2D eigenvalue weighted by Crippen LogP contribution is 2.25. The molecule has 0 spiro atoms. The van der Waals surface area contributed by atoms with Gasteiger partial charge in [0.15, 0.2) is 0 Å². The van der Waals surface area contributed by atoms with Crippen LogP contribution in [-0.4, -0.2) is 10.7 Å². The topological polar surface area (TPSA) is 37.3 Å². The van der Waals surface area contributed by atoms with Gasteiger partial charge < -0.3 is 0 Å². The molecule has 0 amide bonds. The van der Waals surface area contributed by atoms with Crippen LogP contribution < -0.4 is 5.43 Å². The van der Waals surface area contributed by atoms with Gasteiger partial charge in [0.1, 0.15) is 0 Å². The maximum atomic E-state index is 4.67. The van der Waals surface area contributed by atoms with Gasteiger partial charge in [-0.2, -0.15) is 5.10 Å². The van der Waals surface area contributed by atoms with Gasteiger partial charge in [0, 0.05) is 22.1 Å². The van der Waals surface area contributed by atoms with Crippen molar-refractivity contribution in [3.05, 3.63) is 107 Å². The summed E-state index contributed by atoms with van der Waals surface area (Å²) in [5, 5.41) is 7.49. The quantitative estimate of drug-likeness (QED) is 0.347. The van der Waals surface area contributed by atoms with E-state index in [0.29, 0.717) is 0 Å². The maximum Gasteiger partial charge on any atom is 0.203 e. The summed E-state index contributed by atoms with van der Waals surface area (Å²) in [6, 6.07) is 28.7. The number of benzene rings is 3. The molecule has 0 fully saturated rings. The zero-order valence-electron chi connectivity index (χ0n) is 15.0. The van der Waals surface area contributed by atoms with Crippen molar-refractivity contribution in [1.29, 1.82) is 0 Å². The summed E-state index contributed by atoms with van der Waals surface area (Å²) < 4.78 is 0. The van der Waals surface area contributed by atoms with E-state index in [2.05, 4.69) is 71.0 Å². The fourth-order valence-corrected chi connectivity index (χ4v) is 3.43. The minimum atomic E-state index is 0.773. The second-order valence-corrected chi connectivity index (χ2v) is 7.07. The van der Waals surface area contributed by atoms with Gasteiger partial charge in [-0.1, -0.05) is 90.5 Å². The number of anilines is 1. The van der Waals surface area contributed by atoms with Gasteiger partial charge in [-0.05, 0) is 6.92 Å². The molecule has 0 unspecified atom stereocenters. The van der Waals surface area contributed by atoms with Crippen molar-refractivity contribution < 1.29 is 0 Å². The molecule has 0 atom stereocenters. The molecule has 0 saturated carbocycles. The molecule has 0 aliphatic carbocycles. The SMILES string of the molecule is Cc1ccc(-c2csc(NN=C(c3ccccc3)c3ccccc3)n2)cc1. The summed E-state index contributed by atoms with van der Waals surface area (Å²) in [5.41, 5.74) is 9.47. The van der Waals surface area contributed by atoms with E-state index in [0.717, 1.165) is 33.2 Å². The van der Waals surface area contributed by atoms with Crippen LogP contribution in [0.2, 0.25) is 0 Å². The number of hydrogen-bond donors (Lipinski definition) is 1. The van der Waals surface area contributed by atoms with Crippen LogP contribution in [0.5, 0.6) is 0 Å². The van der Waals surface area contributed by atoms with Crippen LogP contribution in [0.1, 0.15) is 16.7 Å². The second kappa shape index (κ2) is 7.98. The molecular formula is C23H19N3S. The highest BCUT2D eigenvalue weighted by Gasteiger charge is 2.08. The number of aryl methyl sites for hydroxylation is 1. The number of nitrogens with zero attached hydrogens (tertiary/aromatic N) is 2. The highest BCUT2D eigenvalue weighted by molar-refractivity contribution is 7.14. The Labute approximate surface area is 163 Å². The molecule has 4 aromatic rings. The minimum absolute atomic E-state index is 0.773. The molecule has 3 nitrogen and oxygen atoms in total. The first-order chi connectivity index (χ1) is 13.3. The smallest absolute Gasteiger partial charge is 0.203 e. The Kier molecular flexibility index (Phi) is 5.08. The van der Waals surface area contributed by atoms with Crippen LogP contribution >= 0.6 is 11.3 Å². The molecule has 0 bridgehead atoms. The van der Waals surface area contributed by atoms with Crippen LogP contribution in [0.15, 0.2) is 95.4 Å². The van der Waals surface area contributed by atoms with E-state index in [-0.39, 0.29) is 0 Å². The van der Waals surface area contributed by atoms with Crippen molar-refractivity contribution in [2.75, 3.05) is 5.43 Å². The van der Waals surface area contributed by atoms with E-state index in [1.54, 1.807) is 11.3 Å². The zero-order valence-corrected chi connectivity index (χ0v) is 15.8. The Balaban J connectivity index is 1.62. The summed E-state index contributed by atoms with van der Waals surface area (Å²) in [6.45, 7) is 2.08.